The topological polar surface area (TPSA) is 103 Å². The third-order valence-corrected chi connectivity index (χ3v) is 8.80. The summed E-state index contributed by atoms with van der Waals surface area (Å²) in [6.45, 7) is 9.95. The van der Waals surface area contributed by atoms with Gasteiger partial charge in [-0.05, 0) is 70.8 Å². The van der Waals surface area contributed by atoms with Gasteiger partial charge in [0.05, 0.1) is 13.5 Å². The van der Waals surface area contributed by atoms with Crippen LogP contribution < -0.4 is 14.8 Å². The highest BCUT2D eigenvalue weighted by Gasteiger charge is 2.65. The summed E-state index contributed by atoms with van der Waals surface area (Å²) in [7, 11) is 3.82. The van der Waals surface area contributed by atoms with Crippen molar-refractivity contribution < 1.29 is 33.3 Å². The molecule has 1 unspecified atom stereocenters. The Balaban J connectivity index is 1.28. The molecule has 1 fully saturated rings. The van der Waals surface area contributed by atoms with Gasteiger partial charge in [0.1, 0.15) is 17.7 Å². The largest absolute Gasteiger partial charge is 0.493 e. The van der Waals surface area contributed by atoms with Gasteiger partial charge in [0, 0.05) is 29.4 Å². The second kappa shape index (κ2) is 10.4. The van der Waals surface area contributed by atoms with Gasteiger partial charge in [-0.2, -0.15) is 0 Å². The molecular weight excluding hydrogens is 512 g/mol. The quantitative estimate of drug-likeness (QED) is 0.386. The lowest BCUT2D eigenvalue weighted by atomic mass is 9.53. The summed E-state index contributed by atoms with van der Waals surface area (Å²) in [5.74, 6) is 0.181. The number of hydrogen-bond donors (Lipinski definition) is 1. The van der Waals surface area contributed by atoms with Crippen LogP contribution in [0.1, 0.15) is 65.0 Å². The van der Waals surface area contributed by atoms with E-state index in [0.717, 1.165) is 25.1 Å². The van der Waals surface area contributed by atoms with Crippen LogP contribution in [0.3, 0.4) is 0 Å². The molecule has 4 aliphatic rings. The van der Waals surface area contributed by atoms with Crippen LogP contribution >= 0.6 is 0 Å². The zero-order valence-electron chi connectivity index (χ0n) is 24.6. The molecule has 0 saturated carbocycles. The van der Waals surface area contributed by atoms with Gasteiger partial charge in [-0.15, -0.1) is 0 Å². The molecule has 1 amide bonds. The Labute approximate surface area is 236 Å². The highest BCUT2D eigenvalue weighted by molar-refractivity contribution is 5.86. The fourth-order valence-electron chi connectivity index (χ4n) is 7.01. The molecule has 1 aromatic carbocycles. The van der Waals surface area contributed by atoms with Gasteiger partial charge in [-0.1, -0.05) is 26.0 Å². The number of ether oxygens (including phenoxy) is 4. The number of likely N-dealkylation sites (N-methyl/N-ethyl adjacent to an activating group) is 1. The highest BCUT2D eigenvalue weighted by Crippen LogP contribution is 2.62. The number of piperidine rings is 1. The summed E-state index contributed by atoms with van der Waals surface area (Å²) in [4.78, 5) is 40.7. The van der Waals surface area contributed by atoms with Gasteiger partial charge in [-0.25, -0.2) is 4.79 Å². The Morgan fingerprint density at radius 1 is 1.18 bits per heavy atom. The SMILES string of the molecule is COc1ccc2c3c1O[C@H]1[C@@H](OC(=O)CCC(=O)N[C@H](C(=O)OC(C)(C)C)C(C)C)C=CC4[C@@H](C2)N(C)CC[C@@]341. The third-order valence-electron chi connectivity index (χ3n) is 8.80. The van der Waals surface area contributed by atoms with E-state index in [1.165, 1.54) is 11.1 Å². The number of benzene rings is 1. The van der Waals surface area contributed by atoms with Crippen LogP contribution in [-0.2, 0) is 35.7 Å². The summed E-state index contributed by atoms with van der Waals surface area (Å²) >= 11 is 0. The van der Waals surface area contributed by atoms with Crippen molar-refractivity contribution >= 4 is 17.8 Å². The van der Waals surface area contributed by atoms with E-state index in [9.17, 15) is 14.4 Å². The first-order chi connectivity index (χ1) is 18.9. The molecule has 2 heterocycles. The minimum Gasteiger partial charge on any atom is -0.493 e. The van der Waals surface area contributed by atoms with Gasteiger partial charge in [-0.3, -0.25) is 9.59 Å². The molecule has 9 heteroatoms. The molecule has 40 heavy (non-hydrogen) atoms. The second-order valence-corrected chi connectivity index (χ2v) is 12.9. The van der Waals surface area contributed by atoms with Crippen LogP contribution in [0, 0.1) is 11.8 Å². The van der Waals surface area contributed by atoms with Crippen LogP contribution in [0.25, 0.3) is 0 Å². The Morgan fingerprint density at radius 3 is 2.60 bits per heavy atom. The number of esters is 2. The number of likely N-dealkylation sites (tertiary alicyclic amines) is 1. The van der Waals surface area contributed by atoms with E-state index >= 15 is 0 Å². The van der Waals surface area contributed by atoms with Gasteiger partial charge >= 0.3 is 11.9 Å². The van der Waals surface area contributed by atoms with Gasteiger partial charge in [0.25, 0.3) is 0 Å². The van der Waals surface area contributed by atoms with E-state index in [1.807, 2.05) is 26.0 Å². The van der Waals surface area contributed by atoms with Crippen LogP contribution in [0.15, 0.2) is 24.3 Å². The minimum absolute atomic E-state index is 0.0916. The summed E-state index contributed by atoms with van der Waals surface area (Å²) in [6.07, 6.45) is 4.86. The lowest BCUT2D eigenvalue weighted by Gasteiger charge is -2.56. The van der Waals surface area contributed by atoms with Crippen LogP contribution in [0.5, 0.6) is 11.5 Å². The molecule has 0 radical (unpaired) electrons. The average Bonchev–Trinajstić information content (AvgIpc) is 3.23. The van der Waals surface area contributed by atoms with Crippen molar-refractivity contribution in [1.82, 2.24) is 10.2 Å². The number of rotatable bonds is 8. The van der Waals surface area contributed by atoms with Crippen molar-refractivity contribution in [2.45, 2.75) is 95.6 Å². The molecule has 1 spiro atoms. The van der Waals surface area contributed by atoms with Crippen molar-refractivity contribution in [3.8, 4) is 11.5 Å². The molecule has 5 rings (SSSR count). The van der Waals surface area contributed by atoms with E-state index in [4.69, 9.17) is 18.9 Å². The zero-order valence-corrected chi connectivity index (χ0v) is 24.6. The van der Waals surface area contributed by atoms with Crippen molar-refractivity contribution in [3.63, 3.8) is 0 Å². The summed E-state index contributed by atoms with van der Waals surface area (Å²) in [5, 5.41) is 2.73. The van der Waals surface area contributed by atoms with Gasteiger partial charge in [0.2, 0.25) is 5.91 Å². The lowest BCUT2D eigenvalue weighted by molar-refractivity contribution is -0.160. The summed E-state index contributed by atoms with van der Waals surface area (Å²) in [5.41, 5.74) is 1.53. The van der Waals surface area contributed by atoms with Crippen molar-refractivity contribution in [3.05, 3.63) is 35.4 Å². The van der Waals surface area contributed by atoms with E-state index in [1.54, 1.807) is 27.9 Å². The van der Waals surface area contributed by atoms with E-state index in [2.05, 4.69) is 29.4 Å². The van der Waals surface area contributed by atoms with Crippen molar-refractivity contribution in [2.75, 3.05) is 20.7 Å². The van der Waals surface area contributed by atoms with Crippen molar-refractivity contribution in [1.29, 1.82) is 0 Å². The molecule has 218 valence electrons. The molecule has 2 bridgehead atoms. The summed E-state index contributed by atoms with van der Waals surface area (Å²) < 4.78 is 23.7. The fraction of sp³-hybridized carbons (Fsp3) is 0.645. The molecule has 2 aliphatic heterocycles. The number of amides is 1. The maximum absolute atomic E-state index is 13.0. The highest BCUT2D eigenvalue weighted by atomic mass is 16.6. The molecule has 0 aromatic heterocycles. The molecule has 9 nitrogen and oxygen atoms in total. The Kier molecular flexibility index (Phi) is 7.40. The van der Waals surface area contributed by atoms with Gasteiger partial charge < -0.3 is 29.2 Å². The third kappa shape index (κ3) is 4.86. The van der Waals surface area contributed by atoms with Crippen LogP contribution in [0.4, 0.5) is 0 Å². The fourth-order valence-corrected chi connectivity index (χ4v) is 7.01. The number of methoxy groups -OCH3 is 1. The van der Waals surface area contributed by atoms with Gasteiger partial charge in [0.15, 0.2) is 17.6 Å². The summed E-state index contributed by atoms with van der Waals surface area (Å²) in [6, 6.07) is 3.67. The predicted molar refractivity (Wildman–Crippen MR) is 148 cm³/mol. The second-order valence-electron chi connectivity index (χ2n) is 12.9. The average molecular weight is 555 g/mol. The first kappa shape index (κ1) is 28.5. The molecule has 1 aromatic rings. The monoisotopic (exact) mass is 554 g/mol. The Hall–Kier alpha value is -3.07. The van der Waals surface area contributed by atoms with Crippen LogP contribution in [0.2, 0.25) is 0 Å². The number of carbonyl (C=O) groups excluding carboxylic acids is 3. The predicted octanol–water partition coefficient (Wildman–Crippen LogP) is 3.31. The minimum atomic E-state index is -0.793. The molecule has 6 atom stereocenters. The maximum Gasteiger partial charge on any atom is 0.329 e. The van der Waals surface area contributed by atoms with Crippen molar-refractivity contribution in [2.24, 2.45) is 11.8 Å². The van der Waals surface area contributed by atoms with E-state index < -0.39 is 35.6 Å². The van der Waals surface area contributed by atoms with Crippen LogP contribution in [-0.4, -0.2) is 73.3 Å². The Morgan fingerprint density at radius 2 is 1.93 bits per heavy atom. The Bertz CT molecular complexity index is 1220. The number of nitrogens with one attached hydrogen (secondary N) is 1. The normalized spacial score (nSPS) is 28.8. The molecule has 1 saturated heterocycles. The van der Waals surface area contributed by atoms with E-state index in [0.29, 0.717) is 11.8 Å². The first-order valence-corrected chi connectivity index (χ1v) is 14.3. The smallest absolute Gasteiger partial charge is 0.329 e. The van der Waals surface area contributed by atoms with E-state index in [-0.39, 0.29) is 36.2 Å². The molecule has 1 N–H and O–H groups in total. The number of carbonyl (C=O) groups is 3. The molecular formula is C31H42N2O7. The number of hydrogen-bond acceptors (Lipinski definition) is 8. The standard InChI is InChI=1S/C31H42N2O7/c1-17(2)26(29(36)40-30(3,4)5)32-23(34)12-13-24(35)38-22-11-9-19-20-16-18-8-10-21(37-7)27-25(18)31(19,28(22)39-27)14-15-33(20)6/h8-11,17,19-20,22,26,28H,12-16H2,1-7H3,(H,32,34)/t19?,20-,22+,26+,28+,31+/m1/s1. The molecule has 2 aliphatic carbocycles. The number of nitrogens with zero attached hydrogens (tertiary/aromatic N) is 1. The first-order valence-electron chi connectivity index (χ1n) is 14.3. The lowest BCUT2D eigenvalue weighted by Crippen LogP contribution is -2.65. The zero-order chi connectivity index (χ0) is 29.0. The maximum atomic E-state index is 13.0.